The van der Waals surface area contributed by atoms with Gasteiger partial charge in [0.1, 0.15) is 0 Å². The molecule has 110 valence electrons. The quantitative estimate of drug-likeness (QED) is 0.834. The molecule has 1 aromatic carbocycles. The first-order valence-electron chi connectivity index (χ1n) is 6.56. The number of benzene rings is 1. The summed E-state index contributed by atoms with van der Waals surface area (Å²) in [6.45, 7) is 0.408. The van der Waals surface area contributed by atoms with E-state index in [-0.39, 0.29) is 24.0 Å². The van der Waals surface area contributed by atoms with E-state index in [1.165, 1.54) is 0 Å². The molecule has 20 heavy (non-hydrogen) atoms. The van der Waals surface area contributed by atoms with Crippen LogP contribution in [0.15, 0.2) is 12.1 Å². The van der Waals surface area contributed by atoms with Crippen molar-refractivity contribution < 1.29 is 23.1 Å². The molecule has 1 amide bonds. The third kappa shape index (κ3) is 3.12. The summed E-state index contributed by atoms with van der Waals surface area (Å²) in [6.07, 6.45) is 2.81. The summed E-state index contributed by atoms with van der Waals surface area (Å²) in [5.41, 5.74) is -0.250. The average molecular weight is 287 g/mol. The molecule has 0 aliphatic heterocycles. The number of hydrogen-bond acceptors (Lipinski definition) is 2. The molecule has 2 atom stereocenters. The highest BCUT2D eigenvalue weighted by Crippen LogP contribution is 2.30. The van der Waals surface area contributed by atoms with Crippen LogP contribution < -0.4 is 5.32 Å². The van der Waals surface area contributed by atoms with Crippen LogP contribution in [0.25, 0.3) is 0 Å². The highest BCUT2D eigenvalue weighted by atomic mass is 19.2. The van der Waals surface area contributed by atoms with Crippen molar-refractivity contribution in [2.75, 3.05) is 13.2 Å². The van der Waals surface area contributed by atoms with Gasteiger partial charge in [0.15, 0.2) is 17.5 Å². The molecular weight excluding hydrogens is 271 g/mol. The number of aliphatic hydroxyl groups is 1. The van der Waals surface area contributed by atoms with Crippen LogP contribution in [0.2, 0.25) is 0 Å². The van der Waals surface area contributed by atoms with Gasteiger partial charge in [0.2, 0.25) is 0 Å². The Labute approximate surface area is 114 Å². The monoisotopic (exact) mass is 287 g/mol. The van der Waals surface area contributed by atoms with Crippen molar-refractivity contribution in [3.8, 4) is 0 Å². The minimum Gasteiger partial charge on any atom is -0.396 e. The maximum atomic E-state index is 13.0. The largest absolute Gasteiger partial charge is 0.396 e. The Bertz CT molecular complexity index is 484. The van der Waals surface area contributed by atoms with Gasteiger partial charge >= 0.3 is 0 Å². The van der Waals surface area contributed by atoms with E-state index >= 15 is 0 Å². The SMILES string of the molecule is O=C(NCC1CCCC1CO)c1cc(F)c(F)c(F)c1. The number of halogens is 3. The Morgan fingerprint density at radius 2 is 1.80 bits per heavy atom. The summed E-state index contributed by atoms with van der Waals surface area (Å²) in [4.78, 5) is 11.8. The van der Waals surface area contributed by atoms with Crippen LogP contribution in [0, 0.1) is 29.3 Å². The molecule has 0 aromatic heterocycles. The van der Waals surface area contributed by atoms with Crippen molar-refractivity contribution in [3.05, 3.63) is 35.1 Å². The van der Waals surface area contributed by atoms with Gasteiger partial charge in [-0.05, 0) is 36.8 Å². The zero-order chi connectivity index (χ0) is 14.7. The smallest absolute Gasteiger partial charge is 0.251 e. The van der Waals surface area contributed by atoms with Gasteiger partial charge < -0.3 is 10.4 Å². The van der Waals surface area contributed by atoms with Gasteiger partial charge in [0.25, 0.3) is 5.91 Å². The van der Waals surface area contributed by atoms with Crippen molar-refractivity contribution in [2.24, 2.45) is 11.8 Å². The molecule has 0 radical (unpaired) electrons. The average Bonchev–Trinajstić information content (AvgIpc) is 2.89. The lowest BCUT2D eigenvalue weighted by atomic mass is 9.97. The zero-order valence-corrected chi connectivity index (χ0v) is 10.8. The predicted molar refractivity (Wildman–Crippen MR) is 66.6 cm³/mol. The van der Waals surface area contributed by atoms with Gasteiger partial charge in [0.05, 0.1) is 0 Å². The van der Waals surface area contributed by atoms with Crippen LogP contribution >= 0.6 is 0 Å². The van der Waals surface area contributed by atoms with E-state index in [4.69, 9.17) is 5.11 Å². The maximum Gasteiger partial charge on any atom is 0.251 e. The molecule has 1 aromatic rings. The Hall–Kier alpha value is -1.56. The van der Waals surface area contributed by atoms with Crippen LogP contribution in [-0.4, -0.2) is 24.2 Å². The van der Waals surface area contributed by atoms with E-state index in [9.17, 15) is 18.0 Å². The van der Waals surface area contributed by atoms with E-state index in [0.717, 1.165) is 19.3 Å². The molecule has 1 saturated carbocycles. The van der Waals surface area contributed by atoms with Gasteiger partial charge in [-0.2, -0.15) is 0 Å². The fraction of sp³-hybridized carbons (Fsp3) is 0.500. The van der Waals surface area contributed by atoms with Gasteiger partial charge in [-0.15, -0.1) is 0 Å². The van der Waals surface area contributed by atoms with Crippen LogP contribution in [0.5, 0.6) is 0 Å². The molecule has 2 unspecified atom stereocenters. The zero-order valence-electron chi connectivity index (χ0n) is 10.8. The number of hydrogen-bond donors (Lipinski definition) is 2. The highest BCUT2D eigenvalue weighted by Gasteiger charge is 2.27. The molecule has 0 spiro atoms. The number of carbonyl (C=O) groups excluding carboxylic acids is 1. The minimum atomic E-state index is -1.59. The first-order valence-corrected chi connectivity index (χ1v) is 6.56. The highest BCUT2D eigenvalue weighted by molar-refractivity contribution is 5.94. The molecule has 1 fully saturated rings. The van der Waals surface area contributed by atoms with Crippen LogP contribution in [0.4, 0.5) is 13.2 Å². The number of aliphatic hydroxyl groups excluding tert-OH is 1. The van der Waals surface area contributed by atoms with E-state index in [2.05, 4.69) is 5.32 Å². The summed E-state index contributed by atoms with van der Waals surface area (Å²) < 4.78 is 38.9. The maximum absolute atomic E-state index is 13.0. The Kier molecular flexibility index (Phi) is 4.65. The summed E-state index contributed by atoms with van der Waals surface area (Å²) in [5.74, 6) is -4.69. The van der Waals surface area contributed by atoms with Crippen LogP contribution in [0.1, 0.15) is 29.6 Å². The van der Waals surface area contributed by atoms with Gasteiger partial charge in [-0.3, -0.25) is 4.79 Å². The van der Waals surface area contributed by atoms with Crippen molar-refractivity contribution in [1.29, 1.82) is 0 Å². The van der Waals surface area contributed by atoms with Crippen molar-refractivity contribution in [3.63, 3.8) is 0 Å². The summed E-state index contributed by atoms with van der Waals surface area (Å²) in [6, 6.07) is 1.35. The van der Waals surface area contributed by atoms with Gasteiger partial charge in [-0.25, -0.2) is 13.2 Å². The Morgan fingerprint density at radius 3 is 2.40 bits per heavy atom. The number of carbonyl (C=O) groups is 1. The van der Waals surface area contributed by atoms with Crippen molar-refractivity contribution in [2.45, 2.75) is 19.3 Å². The molecule has 6 heteroatoms. The molecule has 2 N–H and O–H groups in total. The minimum absolute atomic E-state index is 0.0698. The lowest BCUT2D eigenvalue weighted by Gasteiger charge is -2.17. The first-order chi connectivity index (χ1) is 9.52. The van der Waals surface area contributed by atoms with Gasteiger partial charge in [-0.1, -0.05) is 6.42 Å². The summed E-state index contributed by atoms with van der Waals surface area (Å²) in [5, 5.41) is 11.7. The first kappa shape index (κ1) is 14.8. The summed E-state index contributed by atoms with van der Waals surface area (Å²) >= 11 is 0. The van der Waals surface area contributed by atoms with E-state index < -0.39 is 23.4 Å². The van der Waals surface area contributed by atoms with Crippen molar-refractivity contribution in [1.82, 2.24) is 5.32 Å². The molecule has 1 aliphatic rings. The molecule has 2 rings (SSSR count). The van der Waals surface area contributed by atoms with E-state index in [0.29, 0.717) is 18.7 Å². The van der Waals surface area contributed by atoms with Crippen molar-refractivity contribution >= 4 is 5.91 Å². The lowest BCUT2D eigenvalue weighted by Crippen LogP contribution is -2.31. The molecular formula is C14H16F3NO2. The molecule has 0 saturated heterocycles. The van der Waals surface area contributed by atoms with E-state index in [1.54, 1.807) is 0 Å². The number of amides is 1. The molecule has 1 aliphatic carbocycles. The normalized spacial score (nSPS) is 22.0. The fourth-order valence-electron chi connectivity index (χ4n) is 2.64. The standard InChI is InChI=1S/C14H16F3NO2/c15-11-4-10(5-12(16)13(11)17)14(20)18-6-8-2-1-3-9(8)7-19/h4-5,8-9,19H,1-3,6-7H2,(H,18,20). The molecule has 0 bridgehead atoms. The molecule has 0 heterocycles. The summed E-state index contributed by atoms with van der Waals surface area (Å²) in [7, 11) is 0. The second-order valence-corrected chi connectivity index (χ2v) is 5.10. The fourth-order valence-corrected chi connectivity index (χ4v) is 2.64. The third-order valence-corrected chi connectivity index (χ3v) is 3.82. The topological polar surface area (TPSA) is 49.3 Å². The second-order valence-electron chi connectivity index (χ2n) is 5.10. The van der Waals surface area contributed by atoms with Crippen LogP contribution in [-0.2, 0) is 0 Å². The van der Waals surface area contributed by atoms with Crippen LogP contribution in [0.3, 0.4) is 0 Å². The Balaban J connectivity index is 1.98. The molecule has 3 nitrogen and oxygen atoms in total. The third-order valence-electron chi connectivity index (χ3n) is 3.82. The van der Waals surface area contributed by atoms with E-state index in [1.807, 2.05) is 0 Å². The predicted octanol–water partition coefficient (Wildman–Crippen LogP) is 2.24. The Morgan fingerprint density at radius 1 is 1.20 bits per heavy atom. The van der Waals surface area contributed by atoms with Gasteiger partial charge in [0, 0.05) is 18.7 Å². The second kappa shape index (κ2) is 6.26. The number of rotatable bonds is 4. The number of nitrogens with one attached hydrogen (secondary N) is 1. The lowest BCUT2D eigenvalue weighted by molar-refractivity contribution is 0.0936.